The minimum Gasteiger partial charge on any atom is -0.284 e. The molecule has 3 nitrogen and oxygen atoms in total. The van der Waals surface area contributed by atoms with Crippen molar-refractivity contribution in [2.75, 3.05) is 15.8 Å². The van der Waals surface area contributed by atoms with Gasteiger partial charge in [-0.1, -0.05) is 41.9 Å². The fourth-order valence-corrected chi connectivity index (χ4v) is 3.33. The summed E-state index contributed by atoms with van der Waals surface area (Å²) >= 11 is 3.40. The number of halogens is 1. The van der Waals surface area contributed by atoms with Gasteiger partial charge in [0.1, 0.15) is 0 Å². The highest BCUT2D eigenvalue weighted by molar-refractivity contribution is 9.09. The van der Waals surface area contributed by atoms with Gasteiger partial charge in [-0.3, -0.25) is 4.72 Å². The van der Waals surface area contributed by atoms with Crippen LogP contribution in [-0.4, -0.2) is 19.5 Å². The van der Waals surface area contributed by atoms with Crippen molar-refractivity contribution in [3.8, 4) is 0 Å². The molecule has 0 spiro atoms. The summed E-state index contributed by atoms with van der Waals surface area (Å²) in [5.74, 6) is 0.567. The predicted octanol–water partition coefficient (Wildman–Crippen LogP) is 3.80. The Balaban J connectivity index is 2.65. The largest absolute Gasteiger partial charge is 0.284 e. The summed E-state index contributed by atoms with van der Waals surface area (Å²) in [7, 11) is -3.23. The number of hydrogen-bond donors (Lipinski definition) is 1. The third-order valence-electron chi connectivity index (χ3n) is 2.76. The SMILES string of the molecule is CC(C)CCS(=O)(=O)Nc1cccc(CCCBr)c1. The van der Waals surface area contributed by atoms with Gasteiger partial charge in [0.2, 0.25) is 10.0 Å². The molecule has 0 aliphatic rings. The molecule has 1 aromatic carbocycles. The number of sulfonamides is 1. The van der Waals surface area contributed by atoms with Gasteiger partial charge in [0.25, 0.3) is 0 Å². The fraction of sp³-hybridized carbons (Fsp3) is 0.571. The second kappa shape index (κ2) is 7.90. The number of alkyl halides is 1. The number of hydrogen-bond acceptors (Lipinski definition) is 2. The van der Waals surface area contributed by atoms with Crippen molar-refractivity contribution in [2.45, 2.75) is 33.1 Å². The monoisotopic (exact) mass is 347 g/mol. The van der Waals surface area contributed by atoms with Gasteiger partial charge in [-0.05, 0) is 42.9 Å². The number of benzene rings is 1. The second-order valence-corrected chi connectivity index (χ2v) is 7.73. The molecule has 0 saturated heterocycles. The molecule has 0 aromatic heterocycles. The Morgan fingerprint density at radius 3 is 2.68 bits per heavy atom. The zero-order chi connectivity index (χ0) is 14.3. The van der Waals surface area contributed by atoms with Crippen LogP contribution in [0.4, 0.5) is 5.69 Å². The third-order valence-corrected chi connectivity index (χ3v) is 4.64. The van der Waals surface area contributed by atoms with Gasteiger partial charge >= 0.3 is 0 Å². The lowest BCUT2D eigenvalue weighted by Crippen LogP contribution is -2.18. The normalized spacial score (nSPS) is 11.8. The van der Waals surface area contributed by atoms with Crippen molar-refractivity contribution in [3.63, 3.8) is 0 Å². The molecule has 0 saturated carbocycles. The average Bonchev–Trinajstić information content (AvgIpc) is 2.34. The first-order chi connectivity index (χ1) is 8.93. The predicted molar refractivity (Wildman–Crippen MR) is 85.4 cm³/mol. The van der Waals surface area contributed by atoms with Gasteiger partial charge in [0.05, 0.1) is 5.75 Å². The summed E-state index contributed by atoms with van der Waals surface area (Å²) in [6.07, 6.45) is 2.68. The molecule has 1 N–H and O–H groups in total. The number of aryl methyl sites for hydroxylation is 1. The van der Waals surface area contributed by atoms with Crippen LogP contribution in [0.25, 0.3) is 0 Å². The highest BCUT2D eigenvalue weighted by Gasteiger charge is 2.11. The number of rotatable bonds is 8. The Bertz CT molecular complexity index is 486. The van der Waals surface area contributed by atoms with Crippen LogP contribution in [0.5, 0.6) is 0 Å². The second-order valence-electron chi connectivity index (χ2n) is 5.10. The molecule has 0 fully saturated rings. The molecule has 0 aliphatic heterocycles. The molecule has 0 atom stereocenters. The molecule has 0 unspecified atom stereocenters. The minimum absolute atomic E-state index is 0.177. The van der Waals surface area contributed by atoms with E-state index in [1.165, 1.54) is 0 Å². The van der Waals surface area contributed by atoms with E-state index in [2.05, 4.69) is 20.7 Å². The summed E-state index contributed by atoms with van der Waals surface area (Å²) in [6, 6.07) is 7.62. The standard InChI is InChI=1S/C14H22BrNO2S/c1-12(2)8-10-19(17,18)16-14-7-3-5-13(11-14)6-4-9-15/h3,5,7,11-12,16H,4,6,8-10H2,1-2H3. The molecule has 1 rings (SSSR count). The maximum Gasteiger partial charge on any atom is 0.232 e. The lowest BCUT2D eigenvalue weighted by atomic mass is 10.1. The Hall–Kier alpha value is -0.550. The first-order valence-corrected chi connectivity index (χ1v) is 9.35. The zero-order valence-electron chi connectivity index (χ0n) is 11.5. The van der Waals surface area contributed by atoms with Crippen LogP contribution in [0.1, 0.15) is 32.3 Å². The summed E-state index contributed by atoms with van der Waals surface area (Å²) in [4.78, 5) is 0. The summed E-state index contributed by atoms with van der Waals surface area (Å²) in [5, 5.41) is 0.956. The Morgan fingerprint density at radius 1 is 1.32 bits per heavy atom. The Kier molecular flexibility index (Phi) is 6.86. The van der Waals surface area contributed by atoms with E-state index in [1.54, 1.807) is 6.07 Å². The van der Waals surface area contributed by atoms with E-state index in [1.807, 2.05) is 32.0 Å². The van der Waals surface area contributed by atoms with Gasteiger partial charge in [-0.15, -0.1) is 0 Å². The maximum absolute atomic E-state index is 11.9. The number of anilines is 1. The fourth-order valence-electron chi connectivity index (χ4n) is 1.68. The van der Waals surface area contributed by atoms with E-state index >= 15 is 0 Å². The van der Waals surface area contributed by atoms with E-state index in [9.17, 15) is 8.42 Å². The molecule has 0 radical (unpaired) electrons. The van der Waals surface area contributed by atoms with Gasteiger partial charge in [0, 0.05) is 11.0 Å². The quantitative estimate of drug-likeness (QED) is 0.727. The highest BCUT2D eigenvalue weighted by atomic mass is 79.9. The van der Waals surface area contributed by atoms with Gasteiger partial charge < -0.3 is 0 Å². The smallest absolute Gasteiger partial charge is 0.232 e. The van der Waals surface area contributed by atoms with Gasteiger partial charge in [0.15, 0.2) is 0 Å². The van der Waals surface area contributed by atoms with Crippen molar-refractivity contribution in [1.82, 2.24) is 0 Å². The summed E-state index contributed by atoms with van der Waals surface area (Å²) in [5.41, 5.74) is 1.82. The third kappa shape index (κ3) is 6.97. The average molecular weight is 348 g/mol. The van der Waals surface area contributed by atoms with Crippen molar-refractivity contribution < 1.29 is 8.42 Å². The molecule has 19 heavy (non-hydrogen) atoms. The molecule has 0 amide bonds. The molecular formula is C14H22BrNO2S. The van der Waals surface area contributed by atoms with Gasteiger partial charge in [-0.2, -0.15) is 0 Å². The lowest BCUT2D eigenvalue weighted by Gasteiger charge is -2.10. The van der Waals surface area contributed by atoms with Crippen molar-refractivity contribution in [3.05, 3.63) is 29.8 Å². The van der Waals surface area contributed by atoms with E-state index < -0.39 is 10.0 Å². The van der Waals surface area contributed by atoms with Crippen LogP contribution in [-0.2, 0) is 16.4 Å². The van der Waals surface area contributed by atoms with Crippen molar-refractivity contribution >= 4 is 31.6 Å². The molecule has 0 aliphatic carbocycles. The van der Waals surface area contributed by atoms with E-state index in [0.717, 1.165) is 23.7 Å². The van der Waals surface area contributed by atoms with Crippen LogP contribution in [0.3, 0.4) is 0 Å². The molecule has 0 bridgehead atoms. The van der Waals surface area contributed by atoms with E-state index in [-0.39, 0.29) is 5.75 Å². The molecule has 5 heteroatoms. The molecule has 0 heterocycles. The van der Waals surface area contributed by atoms with Crippen molar-refractivity contribution in [2.24, 2.45) is 5.92 Å². The highest BCUT2D eigenvalue weighted by Crippen LogP contribution is 2.15. The van der Waals surface area contributed by atoms with E-state index in [0.29, 0.717) is 18.0 Å². The topological polar surface area (TPSA) is 46.2 Å². The number of nitrogens with one attached hydrogen (secondary N) is 1. The van der Waals surface area contributed by atoms with Crippen LogP contribution in [0.15, 0.2) is 24.3 Å². The van der Waals surface area contributed by atoms with Crippen LogP contribution < -0.4 is 4.72 Å². The molecule has 108 valence electrons. The lowest BCUT2D eigenvalue weighted by molar-refractivity contribution is 0.578. The first-order valence-electron chi connectivity index (χ1n) is 6.58. The molecule has 1 aromatic rings. The summed E-state index contributed by atoms with van der Waals surface area (Å²) in [6.45, 7) is 4.05. The van der Waals surface area contributed by atoms with Crippen LogP contribution in [0.2, 0.25) is 0 Å². The maximum atomic E-state index is 11.9. The van der Waals surface area contributed by atoms with Gasteiger partial charge in [-0.25, -0.2) is 8.42 Å². The Morgan fingerprint density at radius 2 is 2.05 bits per heavy atom. The first kappa shape index (κ1) is 16.5. The molecular weight excluding hydrogens is 326 g/mol. The van der Waals surface area contributed by atoms with Crippen molar-refractivity contribution in [1.29, 1.82) is 0 Å². The van der Waals surface area contributed by atoms with Crippen LogP contribution >= 0.6 is 15.9 Å². The zero-order valence-corrected chi connectivity index (χ0v) is 13.9. The Labute approximate surface area is 125 Å². The summed E-state index contributed by atoms with van der Waals surface area (Å²) < 4.78 is 26.5. The van der Waals surface area contributed by atoms with Crippen LogP contribution in [0, 0.1) is 5.92 Å². The van der Waals surface area contributed by atoms with E-state index in [4.69, 9.17) is 0 Å². The minimum atomic E-state index is -3.23.